The Morgan fingerprint density at radius 2 is 2.00 bits per heavy atom. The molecule has 6 atom stereocenters. The van der Waals surface area contributed by atoms with Gasteiger partial charge in [-0.1, -0.05) is 38.5 Å². The van der Waals surface area contributed by atoms with Crippen LogP contribution >= 0.6 is 0 Å². The van der Waals surface area contributed by atoms with Gasteiger partial charge in [-0.15, -0.1) is 6.58 Å². The molecule has 0 radical (unpaired) electrons. The van der Waals surface area contributed by atoms with Crippen molar-refractivity contribution in [1.82, 2.24) is 0 Å². The number of rotatable bonds is 2. The second kappa shape index (κ2) is 5.21. The lowest BCUT2D eigenvalue weighted by molar-refractivity contribution is -0.0741. The standard InChI is InChI=1S/C20H32O2/c1-5-18(2)10-11-19(3)14(12-18)6-7-16-15(19)8-9-17(22)20(16,4)13-21/h5,8,14,16-17,21-22H,1,6-7,9-13H2,2-4H3/t14-,16-,17+,18-,19-,20-/m1/s1. The van der Waals surface area contributed by atoms with Crippen LogP contribution < -0.4 is 0 Å². The van der Waals surface area contributed by atoms with Crippen molar-refractivity contribution < 1.29 is 10.2 Å². The molecule has 124 valence electrons. The van der Waals surface area contributed by atoms with E-state index in [0.717, 1.165) is 6.42 Å². The number of fused-ring (bicyclic) bond motifs is 3. The third kappa shape index (κ3) is 2.14. The highest BCUT2D eigenvalue weighted by Gasteiger charge is 2.55. The summed E-state index contributed by atoms with van der Waals surface area (Å²) >= 11 is 0. The van der Waals surface area contributed by atoms with Gasteiger partial charge in [-0.3, -0.25) is 0 Å². The van der Waals surface area contributed by atoms with Gasteiger partial charge in [0.2, 0.25) is 0 Å². The zero-order valence-electron chi connectivity index (χ0n) is 14.4. The monoisotopic (exact) mass is 304 g/mol. The van der Waals surface area contributed by atoms with Gasteiger partial charge in [0, 0.05) is 5.41 Å². The second-order valence-electron chi connectivity index (χ2n) is 8.88. The number of aliphatic hydroxyl groups excluding tert-OH is 2. The summed E-state index contributed by atoms with van der Waals surface area (Å²) in [5.74, 6) is 1.06. The Bertz CT molecular complexity index is 496. The molecule has 0 aliphatic heterocycles. The van der Waals surface area contributed by atoms with Crippen molar-refractivity contribution in [1.29, 1.82) is 0 Å². The van der Waals surface area contributed by atoms with E-state index in [1.807, 2.05) is 0 Å². The first kappa shape index (κ1) is 16.3. The largest absolute Gasteiger partial charge is 0.396 e. The molecule has 0 aromatic rings. The third-order valence-electron chi connectivity index (χ3n) is 7.62. The highest BCUT2D eigenvalue weighted by atomic mass is 16.3. The molecule has 0 saturated heterocycles. The van der Waals surface area contributed by atoms with E-state index in [9.17, 15) is 10.2 Å². The topological polar surface area (TPSA) is 40.5 Å². The molecule has 3 aliphatic carbocycles. The molecule has 2 fully saturated rings. The molecule has 2 saturated carbocycles. The van der Waals surface area contributed by atoms with E-state index < -0.39 is 6.10 Å². The summed E-state index contributed by atoms with van der Waals surface area (Å²) in [4.78, 5) is 0. The van der Waals surface area contributed by atoms with Crippen LogP contribution in [-0.4, -0.2) is 22.9 Å². The number of hydrogen-bond donors (Lipinski definition) is 2. The Hall–Kier alpha value is -0.600. The summed E-state index contributed by atoms with van der Waals surface area (Å²) in [7, 11) is 0. The van der Waals surface area contributed by atoms with E-state index in [0.29, 0.717) is 18.3 Å². The lowest BCUT2D eigenvalue weighted by Crippen LogP contribution is -2.53. The molecule has 0 spiro atoms. The molecule has 2 nitrogen and oxygen atoms in total. The predicted molar refractivity (Wildman–Crippen MR) is 90.4 cm³/mol. The fraction of sp³-hybridized carbons (Fsp3) is 0.800. The smallest absolute Gasteiger partial charge is 0.0655 e. The van der Waals surface area contributed by atoms with Gasteiger partial charge in [0.15, 0.2) is 0 Å². The summed E-state index contributed by atoms with van der Waals surface area (Å²) in [6, 6.07) is 0. The van der Waals surface area contributed by atoms with Crippen LogP contribution in [0.3, 0.4) is 0 Å². The van der Waals surface area contributed by atoms with Crippen LogP contribution in [0.25, 0.3) is 0 Å². The molecule has 0 aromatic carbocycles. The van der Waals surface area contributed by atoms with Gasteiger partial charge in [0.1, 0.15) is 0 Å². The number of allylic oxidation sites excluding steroid dienone is 2. The van der Waals surface area contributed by atoms with Crippen LogP contribution in [0.5, 0.6) is 0 Å². The van der Waals surface area contributed by atoms with Gasteiger partial charge < -0.3 is 10.2 Å². The summed E-state index contributed by atoms with van der Waals surface area (Å²) in [5.41, 5.74) is 1.71. The minimum Gasteiger partial charge on any atom is -0.396 e. The Balaban J connectivity index is 1.95. The van der Waals surface area contributed by atoms with E-state index in [1.165, 1.54) is 31.3 Å². The Morgan fingerprint density at radius 3 is 2.64 bits per heavy atom. The Kier molecular flexibility index (Phi) is 3.85. The molecular formula is C20H32O2. The van der Waals surface area contributed by atoms with E-state index in [4.69, 9.17) is 0 Å². The van der Waals surface area contributed by atoms with Crippen molar-refractivity contribution in [3.8, 4) is 0 Å². The van der Waals surface area contributed by atoms with Crippen LogP contribution in [-0.2, 0) is 0 Å². The number of aliphatic hydroxyl groups is 2. The number of hydrogen-bond acceptors (Lipinski definition) is 2. The molecule has 0 heterocycles. The molecule has 0 unspecified atom stereocenters. The van der Waals surface area contributed by atoms with Crippen LogP contribution in [0.1, 0.15) is 59.3 Å². The fourth-order valence-corrected chi connectivity index (χ4v) is 5.56. The maximum absolute atomic E-state index is 10.5. The quantitative estimate of drug-likeness (QED) is 0.755. The first-order valence-corrected chi connectivity index (χ1v) is 8.92. The van der Waals surface area contributed by atoms with E-state index in [-0.39, 0.29) is 22.9 Å². The molecule has 3 rings (SSSR count). The van der Waals surface area contributed by atoms with Gasteiger partial charge in [0.25, 0.3) is 0 Å². The predicted octanol–water partition coefficient (Wildman–Crippen LogP) is 4.08. The normalized spacial score (nSPS) is 51.5. The van der Waals surface area contributed by atoms with Crippen LogP contribution in [0, 0.1) is 28.1 Å². The Labute approximate surface area is 135 Å². The van der Waals surface area contributed by atoms with Crippen molar-refractivity contribution in [3.63, 3.8) is 0 Å². The summed E-state index contributed by atoms with van der Waals surface area (Å²) in [6.07, 6.45) is 10.7. The van der Waals surface area contributed by atoms with Gasteiger partial charge in [-0.25, -0.2) is 0 Å². The molecule has 22 heavy (non-hydrogen) atoms. The summed E-state index contributed by atoms with van der Waals surface area (Å²) in [6.45, 7) is 11.0. The first-order valence-electron chi connectivity index (χ1n) is 8.92. The van der Waals surface area contributed by atoms with Gasteiger partial charge >= 0.3 is 0 Å². The second-order valence-corrected chi connectivity index (χ2v) is 8.88. The van der Waals surface area contributed by atoms with Crippen LogP contribution in [0.15, 0.2) is 24.3 Å². The molecule has 0 amide bonds. The molecule has 3 aliphatic rings. The van der Waals surface area contributed by atoms with Crippen LogP contribution in [0.2, 0.25) is 0 Å². The average Bonchev–Trinajstić information content (AvgIpc) is 2.51. The minimum absolute atomic E-state index is 0.0846. The van der Waals surface area contributed by atoms with E-state index >= 15 is 0 Å². The van der Waals surface area contributed by atoms with Crippen molar-refractivity contribution in [2.24, 2.45) is 28.1 Å². The lowest BCUT2D eigenvalue weighted by atomic mass is 9.46. The summed E-state index contributed by atoms with van der Waals surface area (Å²) < 4.78 is 0. The van der Waals surface area contributed by atoms with Gasteiger partial charge in [-0.2, -0.15) is 0 Å². The molecule has 2 heteroatoms. The highest BCUT2D eigenvalue weighted by Crippen LogP contribution is 2.63. The zero-order chi connectivity index (χ0) is 16.2. The SMILES string of the molecule is C=C[C@]1(C)CC[C@@]2(C)C3=CC[C@H](O)[C@](C)(CO)[C@@H]3CC[C@@H]2C1. The van der Waals surface area contributed by atoms with Crippen LogP contribution in [0.4, 0.5) is 0 Å². The lowest BCUT2D eigenvalue weighted by Gasteiger charge is -2.59. The highest BCUT2D eigenvalue weighted by molar-refractivity contribution is 5.29. The molecule has 2 N–H and O–H groups in total. The maximum Gasteiger partial charge on any atom is 0.0655 e. The third-order valence-corrected chi connectivity index (χ3v) is 7.62. The molecule has 0 aromatic heterocycles. The molecule has 0 bridgehead atoms. The summed E-state index contributed by atoms with van der Waals surface area (Å²) in [5, 5.41) is 20.4. The minimum atomic E-state index is -0.409. The fourth-order valence-electron chi connectivity index (χ4n) is 5.56. The molecular weight excluding hydrogens is 272 g/mol. The van der Waals surface area contributed by atoms with Crippen molar-refractivity contribution in [3.05, 3.63) is 24.3 Å². The van der Waals surface area contributed by atoms with Gasteiger partial charge in [-0.05, 0) is 61.2 Å². The maximum atomic E-state index is 10.5. The van der Waals surface area contributed by atoms with Crippen molar-refractivity contribution >= 4 is 0 Å². The Morgan fingerprint density at radius 1 is 1.27 bits per heavy atom. The van der Waals surface area contributed by atoms with Crippen molar-refractivity contribution in [2.75, 3.05) is 6.61 Å². The first-order chi connectivity index (χ1) is 10.3. The van der Waals surface area contributed by atoms with E-state index in [1.54, 1.807) is 0 Å². The average molecular weight is 304 g/mol. The van der Waals surface area contributed by atoms with Crippen molar-refractivity contribution in [2.45, 2.75) is 65.4 Å². The van der Waals surface area contributed by atoms with E-state index in [2.05, 4.69) is 39.5 Å². The van der Waals surface area contributed by atoms with Gasteiger partial charge in [0.05, 0.1) is 12.7 Å². The zero-order valence-corrected chi connectivity index (χ0v) is 14.4.